The van der Waals surface area contributed by atoms with Crippen LogP contribution in [0.3, 0.4) is 0 Å². The maximum absolute atomic E-state index is 12.3. The number of unbranched alkanes of at least 4 members (excludes halogenated alkanes) is 31. The molecule has 0 radical (unpaired) electrons. The molecule has 0 aromatic heterocycles. The van der Waals surface area contributed by atoms with Crippen LogP contribution in [-0.2, 0) is 4.79 Å². The van der Waals surface area contributed by atoms with Crippen molar-refractivity contribution in [3.8, 4) is 0 Å². The van der Waals surface area contributed by atoms with E-state index in [1.165, 1.54) is 193 Å². The van der Waals surface area contributed by atoms with Gasteiger partial charge in [0.1, 0.15) is 0 Å². The maximum Gasteiger partial charge on any atom is 0.220 e. The zero-order chi connectivity index (χ0) is 37.8. The Hall–Kier alpha value is -1.39. The van der Waals surface area contributed by atoms with Gasteiger partial charge in [-0.25, -0.2) is 0 Å². The number of nitrogens with one attached hydrogen (secondary N) is 1. The van der Waals surface area contributed by atoms with Crippen LogP contribution in [-0.4, -0.2) is 34.9 Å². The standard InChI is InChI=1S/C48H91NO3/c1-3-5-7-9-11-13-14-15-16-17-18-19-20-21-22-23-24-25-26-27-28-29-30-31-32-33-34-36-38-40-42-44-48(52)49-46(45-50)47(51)43-41-39-37-35-12-10-8-6-4-2/h14-15,17-18,41,43,46-47,50-51H,3-13,16,19-40,42,44-45H2,1-2H3,(H,49,52)/b15-14-,18-17-,43-41+. The Kier molecular flexibility index (Phi) is 42.8. The van der Waals surface area contributed by atoms with E-state index in [1.807, 2.05) is 6.08 Å². The molecule has 0 spiro atoms. The molecule has 4 heteroatoms. The second-order valence-electron chi connectivity index (χ2n) is 15.8. The molecule has 0 aliphatic carbocycles. The quantitative estimate of drug-likeness (QED) is 0.0433. The van der Waals surface area contributed by atoms with Gasteiger partial charge >= 0.3 is 0 Å². The third-order valence-electron chi connectivity index (χ3n) is 10.6. The monoisotopic (exact) mass is 730 g/mol. The van der Waals surface area contributed by atoms with Gasteiger partial charge in [0.15, 0.2) is 0 Å². The second-order valence-corrected chi connectivity index (χ2v) is 15.8. The number of carbonyl (C=O) groups excluding carboxylic acids is 1. The van der Waals surface area contributed by atoms with Gasteiger partial charge in [-0.1, -0.05) is 224 Å². The molecule has 0 aliphatic rings. The molecule has 306 valence electrons. The van der Waals surface area contributed by atoms with E-state index >= 15 is 0 Å². The van der Waals surface area contributed by atoms with E-state index in [1.54, 1.807) is 6.08 Å². The highest BCUT2D eigenvalue weighted by atomic mass is 16.3. The number of aliphatic hydroxyl groups excluding tert-OH is 2. The summed E-state index contributed by atoms with van der Waals surface area (Å²) < 4.78 is 0. The molecule has 0 saturated heterocycles. The fraction of sp³-hybridized carbons (Fsp3) is 0.854. The lowest BCUT2D eigenvalue weighted by Gasteiger charge is -2.20. The summed E-state index contributed by atoms with van der Waals surface area (Å²) in [4.78, 5) is 12.3. The summed E-state index contributed by atoms with van der Waals surface area (Å²) in [5.74, 6) is -0.0644. The SMILES string of the molecule is CCCCCCC/C=C\C/C=C\CCCCCCCCCCCCCCCCCCCCCC(=O)NC(CO)C(O)/C=C/CCCCCCCCC. The number of aliphatic hydroxyl groups is 2. The minimum atomic E-state index is -0.834. The van der Waals surface area contributed by atoms with Crippen LogP contribution in [0.1, 0.15) is 245 Å². The van der Waals surface area contributed by atoms with E-state index in [2.05, 4.69) is 43.5 Å². The van der Waals surface area contributed by atoms with Crippen molar-refractivity contribution in [3.63, 3.8) is 0 Å². The zero-order valence-corrected chi connectivity index (χ0v) is 35.1. The topological polar surface area (TPSA) is 69.6 Å². The Labute approximate surface area is 325 Å². The Balaban J connectivity index is 3.41. The van der Waals surface area contributed by atoms with Crippen LogP contribution >= 0.6 is 0 Å². The highest BCUT2D eigenvalue weighted by molar-refractivity contribution is 5.76. The van der Waals surface area contributed by atoms with Crippen molar-refractivity contribution >= 4 is 5.91 Å². The van der Waals surface area contributed by atoms with Gasteiger partial charge in [-0.15, -0.1) is 0 Å². The van der Waals surface area contributed by atoms with Crippen molar-refractivity contribution < 1.29 is 15.0 Å². The molecule has 0 aromatic rings. The number of hydrogen-bond donors (Lipinski definition) is 3. The van der Waals surface area contributed by atoms with Crippen molar-refractivity contribution in [1.82, 2.24) is 5.32 Å². The molecular formula is C48H91NO3. The van der Waals surface area contributed by atoms with Gasteiger partial charge in [-0.3, -0.25) is 4.79 Å². The fourth-order valence-corrected chi connectivity index (χ4v) is 7.03. The molecule has 4 nitrogen and oxygen atoms in total. The molecule has 0 heterocycles. The molecule has 2 atom stereocenters. The van der Waals surface area contributed by atoms with Crippen LogP contribution < -0.4 is 5.32 Å². The lowest BCUT2D eigenvalue weighted by molar-refractivity contribution is -0.123. The summed E-state index contributed by atoms with van der Waals surface area (Å²) in [6, 6.07) is -0.617. The first-order valence-corrected chi connectivity index (χ1v) is 23.2. The van der Waals surface area contributed by atoms with Gasteiger partial charge < -0.3 is 15.5 Å². The van der Waals surface area contributed by atoms with Crippen LogP contribution in [0.2, 0.25) is 0 Å². The first kappa shape index (κ1) is 50.6. The van der Waals surface area contributed by atoms with E-state index < -0.39 is 12.1 Å². The van der Waals surface area contributed by atoms with Crippen LogP contribution in [0, 0.1) is 0 Å². The number of amides is 1. The minimum Gasteiger partial charge on any atom is -0.394 e. The number of rotatable bonds is 42. The van der Waals surface area contributed by atoms with Crippen molar-refractivity contribution in [2.24, 2.45) is 0 Å². The average Bonchev–Trinajstić information content (AvgIpc) is 3.15. The van der Waals surface area contributed by atoms with Crippen LogP contribution in [0.15, 0.2) is 36.5 Å². The number of allylic oxidation sites excluding steroid dienone is 5. The molecule has 0 fully saturated rings. The van der Waals surface area contributed by atoms with E-state index in [0.717, 1.165) is 32.1 Å². The normalized spacial score (nSPS) is 13.2. The first-order chi connectivity index (χ1) is 25.7. The molecule has 0 saturated carbocycles. The average molecular weight is 730 g/mol. The van der Waals surface area contributed by atoms with Gasteiger partial charge in [0.25, 0.3) is 0 Å². The van der Waals surface area contributed by atoms with Gasteiger partial charge in [0, 0.05) is 6.42 Å². The molecule has 0 aromatic carbocycles. The summed E-state index contributed by atoms with van der Waals surface area (Å²) in [5, 5.41) is 22.9. The van der Waals surface area contributed by atoms with Crippen LogP contribution in [0.4, 0.5) is 0 Å². The van der Waals surface area contributed by atoms with E-state index in [4.69, 9.17) is 0 Å². The smallest absolute Gasteiger partial charge is 0.220 e. The Morgan fingerprint density at radius 1 is 0.462 bits per heavy atom. The van der Waals surface area contributed by atoms with Crippen molar-refractivity contribution in [3.05, 3.63) is 36.5 Å². The minimum absolute atomic E-state index is 0.0644. The van der Waals surface area contributed by atoms with Gasteiger partial charge in [0.05, 0.1) is 18.8 Å². The fourth-order valence-electron chi connectivity index (χ4n) is 7.03. The molecule has 1 amide bonds. The predicted molar refractivity (Wildman–Crippen MR) is 230 cm³/mol. The van der Waals surface area contributed by atoms with Crippen molar-refractivity contribution in [2.45, 2.75) is 257 Å². The molecule has 3 N–H and O–H groups in total. The summed E-state index contributed by atoms with van der Waals surface area (Å²) in [6.45, 7) is 4.27. The largest absolute Gasteiger partial charge is 0.394 e. The lowest BCUT2D eigenvalue weighted by Crippen LogP contribution is -2.45. The van der Waals surface area contributed by atoms with Crippen LogP contribution in [0.25, 0.3) is 0 Å². The van der Waals surface area contributed by atoms with E-state index in [0.29, 0.717) is 6.42 Å². The molecule has 0 aliphatic heterocycles. The van der Waals surface area contributed by atoms with E-state index in [9.17, 15) is 15.0 Å². The van der Waals surface area contributed by atoms with E-state index in [-0.39, 0.29) is 12.5 Å². The highest BCUT2D eigenvalue weighted by Crippen LogP contribution is 2.16. The molecule has 52 heavy (non-hydrogen) atoms. The van der Waals surface area contributed by atoms with Gasteiger partial charge in [-0.2, -0.15) is 0 Å². The third-order valence-corrected chi connectivity index (χ3v) is 10.6. The first-order valence-electron chi connectivity index (χ1n) is 23.2. The van der Waals surface area contributed by atoms with Crippen molar-refractivity contribution in [2.75, 3.05) is 6.61 Å². The zero-order valence-electron chi connectivity index (χ0n) is 35.1. The molecule has 0 rings (SSSR count). The summed E-state index contributed by atoms with van der Waals surface area (Å²) >= 11 is 0. The molecule has 2 unspecified atom stereocenters. The maximum atomic E-state index is 12.3. The Bertz CT molecular complexity index is 790. The molecular weight excluding hydrogens is 639 g/mol. The summed E-state index contributed by atoms with van der Waals surface area (Å²) in [7, 11) is 0. The van der Waals surface area contributed by atoms with Gasteiger partial charge in [0.2, 0.25) is 5.91 Å². The van der Waals surface area contributed by atoms with Gasteiger partial charge in [-0.05, 0) is 51.4 Å². The summed E-state index contributed by atoms with van der Waals surface area (Å²) in [6.07, 6.45) is 58.5. The Morgan fingerprint density at radius 2 is 0.788 bits per heavy atom. The van der Waals surface area contributed by atoms with Crippen molar-refractivity contribution in [1.29, 1.82) is 0 Å². The Morgan fingerprint density at radius 3 is 1.15 bits per heavy atom. The number of hydrogen-bond acceptors (Lipinski definition) is 3. The third kappa shape index (κ3) is 39.8. The molecule has 0 bridgehead atoms. The highest BCUT2D eigenvalue weighted by Gasteiger charge is 2.17. The lowest BCUT2D eigenvalue weighted by atomic mass is 10.0. The second kappa shape index (κ2) is 44.0. The predicted octanol–water partition coefficient (Wildman–Crippen LogP) is 14.6. The van der Waals surface area contributed by atoms with Crippen LogP contribution in [0.5, 0.6) is 0 Å². The number of carbonyl (C=O) groups is 1. The summed E-state index contributed by atoms with van der Waals surface area (Å²) in [5.41, 5.74) is 0.